The summed E-state index contributed by atoms with van der Waals surface area (Å²) in [7, 11) is 0. The molecule has 8 heteroatoms. The lowest BCUT2D eigenvalue weighted by Gasteiger charge is -2.20. The van der Waals surface area contributed by atoms with Crippen LogP contribution in [0.25, 0.3) is 4.96 Å². The van der Waals surface area contributed by atoms with Crippen LogP contribution >= 0.6 is 11.3 Å². The van der Waals surface area contributed by atoms with Crippen molar-refractivity contribution >= 4 is 33.6 Å². The number of anilines is 2. The lowest BCUT2D eigenvalue weighted by Crippen LogP contribution is -2.29. The van der Waals surface area contributed by atoms with Crippen LogP contribution in [0.2, 0.25) is 0 Å². The second-order valence-electron chi connectivity index (χ2n) is 7.24. The molecule has 0 saturated carbocycles. The van der Waals surface area contributed by atoms with Crippen LogP contribution < -0.4 is 9.80 Å². The molecule has 1 amide bonds. The summed E-state index contributed by atoms with van der Waals surface area (Å²) in [6, 6.07) is 6.57. The minimum atomic E-state index is 0.172. The van der Waals surface area contributed by atoms with E-state index in [0.29, 0.717) is 12.8 Å². The van der Waals surface area contributed by atoms with Crippen molar-refractivity contribution in [2.24, 2.45) is 0 Å². The van der Waals surface area contributed by atoms with Crippen molar-refractivity contribution < 1.29 is 4.79 Å². The average Bonchev–Trinajstić information content (AvgIpc) is 3.45. The summed E-state index contributed by atoms with van der Waals surface area (Å²) in [5.41, 5.74) is 3.68. The number of fused-ring (bicyclic) bond motifs is 2. The summed E-state index contributed by atoms with van der Waals surface area (Å²) in [4.78, 5) is 18.0. The largest absolute Gasteiger partial charge is 0.372 e. The van der Waals surface area contributed by atoms with Gasteiger partial charge in [0.2, 0.25) is 10.9 Å². The van der Waals surface area contributed by atoms with Gasteiger partial charge in [-0.15, -0.1) is 10.2 Å². The minimum absolute atomic E-state index is 0.172. The Morgan fingerprint density at radius 2 is 2.04 bits per heavy atom. The molecule has 7 nitrogen and oxygen atoms in total. The van der Waals surface area contributed by atoms with E-state index in [0.717, 1.165) is 47.5 Å². The van der Waals surface area contributed by atoms with Gasteiger partial charge in [0.05, 0.1) is 0 Å². The maximum atomic E-state index is 12.8. The third kappa shape index (κ3) is 2.97. The first-order valence-corrected chi connectivity index (χ1v) is 10.4. The van der Waals surface area contributed by atoms with Crippen LogP contribution in [0, 0.1) is 6.92 Å². The Bertz CT molecular complexity index is 1000. The Morgan fingerprint density at radius 3 is 2.85 bits per heavy atom. The van der Waals surface area contributed by atoms with E-state index in [1.807, 2.05) is 11.8 Å². The van der Waals surface area contributed by atoms with Crippen molar-refractivity contribution in [3.8, 4) is 0 Å². The van der Waals surface area contributed by atoms with Crippen molar-refractivity contribution in [2.75, 3.05) is 29.4 Å². The highest BCUT2D eigenvalue weighted by Crippen LogP contribution is 2.33. The molecule has 2 aliphatic rings. The van der Waals surface area contributed by atoms with E-state index in [1.54, 1.807) is 4.52 Å². The van der Waals surface area contributed by atoms with Gasteiger partial charge < -0.3 is 9.80 Å². The van der Waals surface area contributed by atoms with Gasteiger partial charge in [0, 0.05) is 43.9 Å². The molecule has 0 spiro atoms. The Balaban J connectivity index is 1.27. The molecule has 2 aromatic heterocycles. The SMILES string of the molecule is Cc1nnc2sc(CCC(=O)N3CCc4cc(N5CCCC5)ccc43)nn12. The van der Waals surface area contributed by atoms with Gasteiger partial charge >= 0.3 is 0 Å². The van der Waals surface area contributed by atoms with Gasteiger partial charge in [0.25, 0.3) is 0 Å². The number of hydrogen-bond donors (Lipinski definition) is 0. The normalized spacial score (nSPS) is 16.5. The van der Waals surface area contributed by atoms with Crippen molar-refractivity contribution in [3.05, 3.63) is 34.6 Å². The molecule has 0 unspecified atom stereocenters. The summed E-state index contributed by atoms with van der Waals surface area (Å²) in [6.07, 6.45) is 4.61. The van der Waals surface area contributed by atoms with Crippen LogP contribution in [-0.4, -0.2) is 45.4 Å². The molecule has 1 saturated heterocycles. The molecule has 0 aliphatic carbocycles. The van der Waals surface area contributed by atoms with Gasteiger partial charge in [-0.2, -0.15) is 9.61 Å². The fourth-order valence-corrected chi connectivity index (χ4v) is 4.90. The van der Waals surface area contributed by atoms with Crippen LogP contribution in [0.3, 0.4) is 0 Å². The molecule has 0 atom stereocenters. The van der Waals surface area contributed by atoms with Gasteiger partial charge in [0.15, 0.2) is 5.82 Å². The monoisotopic (exact) mass is 382 g/mol. The summed E-state index contributed by atoms with van der Waals surface area (Å²) < 4.78 is 1.75. The second kappa shape index (κ2) is 6.60. The fourth-order valence-electron chi connectivity index (χ4n) is 4.02. The molecule has 3 aromatic rings. The molecular formula is C19H22N6OS. The quantitative estimate of drug-likeness (QED) is 0.694. The highest BCUT2D eigenvalue weighted by atomic mass is 32.1. The number of hydrogen-bond acceptors (Lipinski definition) is 6. The Morgan fingerprint density at radius 1 is 1.19 bits per heavy atom. The maximum Gasteiger partial charge on any atom is 0.234 e. The zero-order chi connectivity index (χ0) is 18.4. The summed E-state index contributed by atoms with van der Waals surface area (Å²) >= 11 is 1.51. The highest BCUT2D eigenvalue weighted by molar-refractivity contribution is 7.16. The maximum absolute atomic E-state index is 12.8. The predicted molar refractivity (Wildman–Crippen MR) is 106 cm³/mol. The van der Waals surface area contributed by atoms with Crippen LogP contribution in [-0.2, 0) is 17.6 Å². The topological polar surface area (TPSA) is 66.6 Å². The third-order valence-electron chi connectivity index (χ3n) is 5.47. The van der Waals surface area contributed by atoms with E-state index in [9.17, 15) is 4.79 Å². The van der Waals surface area contributed by atoms with Crippen LogP contribution in [0.4, 0.5) is 11.4 Å². The molecule has 1 fully saturated rings. The van der Waals surface area contributed by atoms with E-state index in [-0.39, 0.29) is 5.91 Å². The third-order valence-corrected chi connectivity index (χ3v) is 6.43. The predicted octanol–water partition coefficient (Wildman–Crippen LogP) is 2.62. The van der Waals surface area contributed by atoms with Crippen molar-refractivity contribution in [2.45, 2.75) is 39.0 Å². The van der Waals surface area contributed by atoms with Gasteiger partial charge in [-0.1, -0.05) is 11.3 Å². The highest BCUT2D eigenvalue weighted by Gasteiger charge is 2.26. The molecule has 140 valence electrons. The van der Waals surface area contributed by atoms with Gasteiger partial charge in [0.1, 0.15) is 5.01 Å². The van der Waals surface area contributed by atoms with Crippen LogP contribution in [0.5, 0.6) is 0 Å². The van der Waals surface area contributed by atoms with Crippen molar-refractivity contribution in [3.63, 3.8) is 0 Å². The van der Waals surface area contributed by atoms with E-state index >= 15 is 0 Å². The molecule has 4 heterocycles. The molecule has 0 bridgehead atoms. The zero-order valence-corrected chi connectivity index (χ0v) is 16.2. The molecule has 0 N–H and O–H groups in total. The fraction of sp³-hybridized carbons (Fsp3) is 0.474. The van der Waals surface area contributed by atoms with Gasteiger partial charge in [-0.25, -0.2) is 0 Å². The molecule has 2 aliphatic heterocycles. The van der Waals surface area contributed by atoms with Crippen molar-refractivity contribution in [1.29, 1.82) is 0 Å². The number of aryl methyl sites for hydroxylation is 2. The molecule has 5 rings (SSSR count). The Hall–Kier alpha value is -2.48. The van der Waals surface area contributed by atoms with Crippen LogP contribution in [0.15, 0.2) is 18.2 Å². The smallest absolute Gasteiger partial charge is 0.234 e. The number of rotatable bonds is 4. The van der Waals surface area contributed by atoms with Gasteiger partial charge in [-0.3, -0.25) is 4.79 Å². The summed E-state index contributed by atoms with van der Waals surface area (Å²) in [5.74, 6) is 0.950. The first-order valence-electron chi connectivity index (χ1n) is 9.55. The number of amides is 1. The minimum Gasteiger partial charge on any atom is -0.372 e. The second-order valence-corrected chi connectivity index (χ2v) is 8.28. The lowest BCUT2D eigenvalue weighted by molar-refractivity contribution is -0.118. The standard InChI is InChI=1S/C19H22N6OS/c1-13-20-21-19-25(13)22-17(27-19)6-7-18(26)24-11-8-14-12-15(4-5-16(14)24)23-9-2-3-10-23/h4-5,12H,2-3,6-11H2,1H3. The average molecular weight is 382 g/mol. The van der Waals surface area contributed by atoms with E-state index in [4.69, 9.17) is 0 Å². The van der Waals surface area contributed by atoms with Crippen LogP contribution in [0.1, 0.15) is 35.7 Å². The first-order chi connectivity index (χ1) is 13.2. The van der Waals surface area contributed by atoms with Gasteiger partial charge in [-0.05, 0) is 49.9 Å². The Kier molecular flexibility index (Phi) is 4.07. The molecule has 1 aromatic carbocycles. The van der Waals surface area contributed by atoms with E-state index in [1.165, 1.54) is 35.4 Å². The van der Waals surface area contributed by atoms with E-state index in [2.05, 4.69) is 38.4 Å². The number of aromatic nitrogens is 4. The first kappa shape index (κ1) is 16.7. The lowest BCUT2D eigenvalue weighted by atomic mass is 10.1. The summed E-state index contributed by atoms with van der Waals surface area (Å²) in [5, 5.41) is 13.5. The molecule has 0 radical (unpaired) electrons. The van der Waals surface area contributed by atoms with Crippen molar-refractivity contribution in [1.82, 2.24) is 19.8 Å². The number of carbonyl (C=O) groups excluding carboxylic acids is 1. The molecular weight excluding hydrogens is 360 g/mol. The number of benzene rings is 1. The number of carbonyl (C=O) groups is 1. The number of nitrogens with zero attached hydrogens (tertiary/aromatic N) is 6. The molecule has 27 heavy (non-hydrogen) atoms. The Labute approximate surface area is 161 Å². The summed E-state index contributed by atoms with van der Waals surface area (Å²) in [6.45, 7) is 4.95. The zero-order valence-electron chi connectivity index (χ0n) is 15.4. The van der Waals surface area contributed by atoms with E-state index < -0.39 is 0 Å².